The van der Waals surface area contributed by atoms with Gasteiger partial charge >= 0.3 is 0 Å². The first-order chi connectivity index (χ1) is 19.0. The van der Waals surface area contributed by atoms with Crippen LogP contribution in [0.4, 0.5) is 0 Å². The van der Waals surface area contributed by atoms with Crippen LogP contribution in [0.2, 0.25) is 0 Å². The monoisotopic (exact) mass is 599 g/mol. The molecule has 2 atom stereocenters. The highest BCUT2D eigenvalue weighted by molar-refractivity contribution is 5.46. The summed E-state index contributed by atoms with van der Waals surface area (Å²) in [5.74, 6) is 0.539. The van der Waals surface area contributed by atoms with E-state index in [4.69, 9.17) is 0 Å². The van der Waals surface area contributed by atoms with Crippen molar-refractivity contribution in [1.29, 1.82) is 0 Å². The molecule has 0 aliphatic heterocycles. The number of rotatable bonds is 6. The molecular formula is C44H70. The maximum atomic E-state index is 4.15. The van der Waals surface area contributed by atoms with E-state index in [2.05, 4.69) is 183 Å². The maximum Gasteiger partial charge on any atom is 0.0215 e. The minimum absolute atomic E-state index is 0. The highest BCUT2D eigenvalue weighted by Crippen LogP contribution is 2.57. The van der Waals surface area contributed by atoms with Gasteiger partial charge in [-0.25, -0.2) is 0 Å². The van der Waals surface area contributed by atoms with Crippen LogP contribution in [0.25, 0.3) is 0 Å². The van der Waals surface area contributed by atoms with Crippen molar-refractivity contribution < 1.29 is 0 Å². The largest absolute Gasteiger partial charge is 0.0998 e. The molecule has 0 saturated carbocycles. The van der Waals surface area contributed by atoms with Crippen LogP contribution in [0, 0.1) is 36.0 Å². The van der Waals surface area contributed by atoms with E-state index in [1.54, 1.807) is 0 Å². The minimum atomic E-state index is -0.0684. The molecule has 0 bridgehead atoms. The van der Waals surface area contributed by atoms with Crippen molar-refractivity contribution in [2.75, 3.05) is 0 Å². The van der Waals surface area contributed by atoms with Gasteiger partial charge in [-0.1, -0.05) is 194 Å². The van der Waals surface area contributed by atoms with E-state index in [1.165, 1.54) is 39.0 Å². The number of benzene rings is 3. The molecule has 0 heterocycles. The second-order valence-electron chi connectivity index (χ2n) is 16.5. The van der Waals surface area contributed by atoms with E-state index in [1.807, 2.05) is 0 Å². The Morgan fingerprint density at radius 2 is 1.07 bits per heavy atom. The summed E-state index contributed by atoms with van der Waals surface area (Å²) in [6.07, 6.45) is 0.990. The molecule has 2 unspecified atom stereocenters. The van der Waals surface area contributed by atoms with Gasteiger partial charge in [0, 0.05) is 5.41 Å². The average Bonchev–Trinajstić information content (AvgIpc) is 2.86. The van der Waals surface area contributed by atoms with Gasteiger partial charge in [0.1, 0.15) is 0 Å². The zero-order valence-electron chi connectivity index (χ0n) is 29.9. The van der Waals surface area contributed by atoms with Gasteiger partial charge in [0.05, 0.1) is 0 Å². The van der Waals surface area contributed by atoms with Gasteiger partial charge < -0.3 is 0 Å². The Bertz CT molecular complexity index is 1290. The van der Waals surface area contributed by atoms with Crippen LogP contribution in [0.1, 0.15) is 138 Å². The molecule has 246 valence electrons. The molecule has 0 aliphatic carbocycles. The molecule has 3 rings (SSSR count). The maximum absolute atomic E-state index is 4.15. The Morgan fingerprint density at radius 3 is 1.45 bits per heavy atom. The third-order valence-corrected chi connectivity index (χ3v) is 10.4. The van der Waals surface area contributed by atoms with Crippen molar-refractivity contribution >= 4 is 0 Å². The fourth-order valence-corrected chi connectivity index (χ4v) is 6.75. The molecule has 0 saturated heterocycles. The summed E-state index contributed by atoms with van der Waals surface area (Å²) in [6.45, 7) is 38.8. The molecule has 0 heteroatoms. The first kappa shape index (κ1) is 41.4. The van der Waals surface area contributed by atoms with Crippen LogP contribution < -0.4 is 0 Å². The van der Waals surface area contributed by atoms with E-state index in [0.717, 1.165) is 6.42 Å². The predicted octanol–water partition coefficient (Wildman–Crippen LogP) is 13.7. The molecule has 0 spiro atoms. The van der Waals surface area contributed by atoms with E-state index >= 15 is 0 Å². The average molecular weight is 599 g/mol. The first-order valence-corrected chi connectivity index (χ1v) is 15.9. The van der Waals surface area contributed by atoms with Crippen LogP contribution in [-0.4, -0.2) is 0 Å². The summed E-state index contributed by atoms with van der Waals surface area (Å²) in [5.41, 5.74) is 10.4. The molecule has 44 heavy (non-hydrogen) atoms. The lowest BCUT2D eigenvalue weighted by atomic mass is 9.49. The van der Waals surface area contributed by atoms with Crippen LogP contribution in [0.15, 0.2) is 84.9 Å². The van der Waals surface area contributed by atoms with Crippen LogP contribution in [-0.2, 0) is 17.3 Å². The molecule has 0 fully saturated rings. The molecule has 3 aromatic rings. The number of aryl methyl sites for hydroxylation is 2. The summed E-state index contributed by atoms with van der Waals surface area (Å²) in [7, 11) is 0. The Kier molecular flexibility index (Phi) is 14.2. The van der Waals surface area contributed by atoms with Gasteiger partial charge in [0.2, 0.25) is 0 Å². The Hall–Kier alpha value is -2.60. The second kappa shape index (κ2) is 15.1. The van der Waals surface area contributed by atoms with Crippen LogP contribution in [0.5, 0.6) is 0 Å². The summed E-state index contributed by atoms with van der Waals surface area (Å²) < 4.78 is 0. The van der Waals surface area contributed by atoms with Crippen LogP contribution in [0.3, 0.4) is 0 Å². The third kappa shape index (κ3) is 9.45. The van der Waals surface area contributed by atoms with E-state index in [9.17, 15) is 0 Å². The third-order valence-electron chi connectivity index (χ3n) is 10.4. The SMILES string of the molecule is C.C.C=C(C)C(C)C(C)(C(C)(C)C)C(C)(C)C.Cc1ccc(C(C)(Cc2ccccc2)c2cc(C)cc(C(C)(C)C)c2)cc1. The lowest BCUT2D eigenvalue weighted by Crippen LogP contribution is -2.48. The molecular weight excluding hydrogens is 528 g/mol. The molecule has 0 N–H and O–H groups in total. The van der Waals surface area contributed by atoms with Gasteiger partial charge in [-0.3, -0.25) is 0 Å². The molecule has 3 aromatic carbocycles. The Labute approximate surface area is 275 Å². The van der Waals surface area contributed by atoms with Gasteiger partial charge in [-0.2, -0.15) is 0 Å². The second-order valence-corrected chi connectivity index (χ2v) is 16.5. The molecule has 0 aliphatic rings. The highest BCUT2D eigenvalue weighted by atomic mass is 14.5. The van der Waals surface area contributed by atoms with Gasteiger partial charge in [0.15, 0.2) is 0 Å². The minimum Gasteiger partial charge on any atom is -0.0998 e. The number of hydrogen-bond donors (Lipinski definition) is 0. The van der Waals surface area contributed by atoms with Crippen molar-refractivity contribution in [2.45, 2.75) is 136 Å². The van der Waals surface area contributed by atoms with E-state index in [-0.39, 0.29) is 41.9 Å². The standard InChI is InChI=1S/C27H32.C15H30.2CH4/c1-20-12-14-23(15-13-20)27(6,19-22-10-8-7-9-11-22)25-17-21(2)16-24(18-25)26(3,4)5;1-11(2)12(3)15(10,13(4,5)6)14(7,8)9;;/h7-18H,19H2,1-6H3;12H,1H2,2-10H3;2*1H4. The van der Waals surface area contributed by atoms with Crippen LogP contribution >= 0.6 is 0 Å². The summed E-state index contributed by atoms with van der Waals surface area (Å²) in [5, 5.41) is 0. The summed E-state index contributed by atoms with van der Waals surface area (Å²) in [4.78, 5) is 0. The highest BCUT2D eigenvalue weighted by Gasteiger charge is 2.50. The molecule has 0 radical (unpaired) electrons. The smallest absolute Gasteiger partial charge is 0.0215 e. The molecule has 0 aromatic heterocycles. The van der Waals surface area contributed by atoms with Crippen molar-refractivity contribution in [2.24, 2.45) is 22.2 Å². The van der Waals surface area contributed by atoms with Gasteiger partial charge in [-0.15, -0.1) is 0 Å². The van der Waals surface area contributed by atoms with Crippen molar-refractivity contribution in [3.63, 3.8) is 0 Å². The molecule has 0 amide bonds. The lowest BCUT2D eigenvalue weighted by Gasteiger charge is -2.55. The summed E-state index contributed by atoms with van der Waals surface area (Å²) in [6, 6.07) is 27.1. The van der Waals surface area contributed by atoms with Crippen molar-refractivity contribution in [1.82, 2.24) is 0 Å². The quantitative estimate of drug-likeness (QED) is 0.248. The first-order valence-electron chi connectivity index (χ1n) is 15.9. The van der Waals surface area contributed by atoms with Gasteiger partial charge in [-0.05, 0) is 77.0 Å². The fourth-order valence-electron chi connectivity index (χ4n) is 6.75. The fraction of sp³-hybridized carbons (Fsp3) is 0.545. The predicted molar refractivity (Wildman–Crippen MR) is 202 cm³/mol. The molecule has 0 nitrogen and oxygen atoms in total. The zero-order chi connectivity index (χ0) is 32.3. The van der Waals surface area contributed by atoms with Crippen molar-refractivity contribution in [3.05, 3.63) is 118 Å². The van der Waals surface area contributed by atoms with Gasteiger partial charge in [0.25, 0.3) is 0 Å². The van der Waals surface area contributed by atoms with Crippen molar-refractivity contribution in [3.8, 4) is 0 Å². The topological polar surface area (TPSA) is 0 Å². The zero-order valence-corrected chi connectivity index (χ0v) is 29.9. The van der Waals surface area contributed by atoms with E-state index < -0.39 is 0 Å². The lowest BCUT2D eigenvalue weighted by molar-refractivity contribution is -0.0501. The number of allylic oxidation sites excluding steroid dienone is 1. The normalized spacial score (nSPS) is 14.2. The van der Waals surface area contributed by atoms with E-state index in [0.29, 0.717) is 5.92 Å². The Morgan fingerprint density at radius 1 is 0.614 bits per heavy atom. The summed E-state index contributed by atoms with van der Waals surface area (Å²) >= 11 is 0. The number of hydrogen-bond acceptors (Lipinski definition) is 0. The Balaban J connectivity index is 0.000000941.